The van der Waals surface area contributed by atoms with Crippen molar-refractivity contribution < 1.29 is 26.7 Å². The fourth-order valence-corrected chi connectivity index (χ4v) is 1.18. The Hall–Kier alpha value is -1.44. The van der Waals surface area contributed by atoms with E-state index >= 15 is 0 Å². The second-order valence-electron chi connectivity index (χ2n) is 3.29. The monoisotopic (exact) mass is 288 g/mol. The van der Waals surface area contributed by atoms with Gasteiger partial charge < -0.3 is 5.32 Å². The molecule has 3 nitrogen and oxygen atoms in total. The van der Waals surface area contributed by atoms with Crippen molar-refractivity contribution in [3.05, 3.63) is 23.0 Å². The van der Waals surface area contributed by atoms with Crippen LogP contribution >= 0.6 is 11.6 Å². The predicted octanol–water partition coefficient (Wildman–Crippen LogP) is 3.18. The highest BCUT2D eigenvalue weighted by molar-refractivity contribution is 6.29. The van der Waals surface area contributed by atoms with Gasteiger partial charge in [-0.05, 0) is 19.1 Å². The van der Waals surface area contributed by atoms with Gasteiger partial charge in [0, 0.05) is 0 Å². The van der Waals surface area contributed by atoms with Crippen molar-refractivity contribution >= 4 is 23.2 Å². The summed E-state index contributed by atoms with van der Waals surface area (Å²) in [5.74, 6) is -7.94. The van der Waals surface area contributed by atoms with Gasteiger partial charge >= 0.3 is 18.0 Å². The van der Waals surface area contributed by atoms with Crippen molar-refractivity contribution in [2.24, 2.45) is 0 Å². The van der Waals surface area contributed by atoms with Crippen LogP contribution < -0.4 is 5.32 Å². The summed E-state index contributed by atoms with van der Waals surface area (Å²) in [7, 11) is 0. The lowest BCUT2D eigenvalue weighted by Gasteiger charge is -2.19. The van der Waals surface area contributed by atoms with Crippen LogP contribution in [0.3, 0.4) is 0 Å². The molecule has 0 unspecified atom stereocenters. The van der Waals surface area contributed by atoms with Gasteiger partial charge in [-0.15, -0.1) is 0 Å². The van der Waals surface area contributed by atoms with E-state index < -0.39 is 18.0 Å². The summed E-state index contributed by atoms with van der Waals surface area (Å²) >= 11 is 5.46. The van der Waals surface area contributed by atoms with E-state index in [0.29, 0.717) is 0 Å². The molecule has 0 aromatic carbocycles. The van der Waals surface area contributed by atoms with Gasteiger partial charge in [0.05, 0.1) is 11.4 Å². The molecule has 18 heavy (non-hydrogen) atoms. The van der Waals surface area contributed by atoms with Gasteiger partial charge in [0.25, 0.3) is 0 Å². The second-order valence-corrected chi connectivity index (χ2v) is 3.68. The Bertz CT molecular complexity index is 475. The van der Waals surface area contributed by atoms with E-state index in [9.17, 15) is 26.7 Å². The Morgan fingerprint density at radius 3 is 2.28 bits per heavy atom. The minimum Gasteiger partial charge on any atom is -0.319 e. The predicted molar refractivity (Wildman–Crippen MR) is 53.6 cm³/mol. The molecule has 1 rings (SSSR count). The van der Waals surface area contributed by atoms with Gasteiger partial charge in [0.15, 0.2) is 0 Å². The molecular formula is C9H6ClF5N2O. The third kappa shape index (κ3) is 2.87. The third-order valence-corrected chi connectivity index (χ3v) is 2.15. The van der Waals surface area contributed by atoms with Gasteiger partial charge in [-0.1, -0.05) is 11.6 Å². The Labute approximate surface area is 103 Å². The molecular weight excluding hydrogens is 283 g/mol. The summed E-state index contributed by atoms with van der Waals surface area (Å²) in [5, 5.41) is 1.48. The lowest BCUT2D eigenvalue weighted by atomic mass is 10.2. The number of carbonyl (C=O) groups is 1. The highest BCUT2D eigenvalue weighted by atomic mass is 35.5. The zero-order chi connectivity index (χ0) is 14.1. The fourth-order valence-electron chi connectivity index (χ4n) is 0.992. The number of alkyl halides is 5. The van der Waals surface area contributed by atoms with E-state index in [-0.39, 0.29) is 16.5 Å². The molecule has 0 saturated heterocycles. The number of nitrogens with one attached hydrogen (secondary N) is 1. The van der Waals surface area contributed by atoms with E-state index in [4.69, 9.17) is 11.6 Å². The lowest BCUT2D eigenvalue weighted by molar-refractivity contribution is -0.267. The summed E-state index contributed by atoms with van der Waals surface area (Å²) in [6, 6.07) is 2.23. The number of aryl methyl sites for hydroxylation is 1. The number of halogens is 6. The van der Waals surface area contributed by atoms with Crippen LogP contribution in [0.5, 0.6) is 0 Å². The van der Waals surface area contributed by atoms with Crippen LogP contribution in [-0.2, 0) is 4.79 Å². The largest absolute Gasteiger partial charge is 0.463 e. The third-order valence-electron chi connectivity index (χ3n) is 1.94. The average Bonchev–Trinajstić information content (AvgIpc) is 2.20. The molecule has 1 aromatic heterocycles. The topological polar surface area (TPSA) is 42.0 Å². The van der Waals surface area contributed by atoms with Crippen molar-refractivity contribution in [1.82, 2.24) is 4.98 Å². The SMILES string of the molecule is Cc1nc(Cl)ccc1NC(=O)C(F)(F)C(F)(F)F. The van der Waals surface area contributed by atoms with Crippen LogP contribution in [0.4, 0.5) is 27.6 Å². The van der Waals surface area contributed by atoms with Crippen LogP contribution in [0, 0.1) is 6.92 Å². The molecule has 9 heteroatoms. The summed E-state index contributed by atoms with van der Waals surface area (Å²) < 4.78 is 61.0. The highest BCUT2D eigenvalue weighted by Gasteiger charge is 2.63. The quantitative estimate of drug-likeness (QED) is 0.671. The molecule has 0 bridgehead atoms. The first-order valence-electron chi connectivity index (χ1n) is 4.45. The Kier molecular flexibility index (Phi) is 3.80. The molecule has 0 aliphatic carbocycles. The molecule has 1 N–H and O–H groups in total. The maximum atomic E-state index is 12.6. The van der Waals surface area contributed by atoms with Crippen LogP contribution in [-0.4, -0.2) is 23.0 Å². The summed E-state index contributed by atoms with van der Waals surface area (Å²) in [5.41, 5.74) is -0.248. The first kappa shape index (κ1) is 14.6. The van der Waals surface area contributed by atoms with Crippen LogP contribution in [0.2, 0.25) is 5.15 Å². The standard InChI is InChI=1S/C9H6ClF5N2O/c1-4-5(2-3-6(10)16-4)17-7(18)8(11,12)9(13,14)15/h2-3H,1H3,(H,17,18). The molecule has 0 aliphatic rings. The van der Waals surface area contributed by atoms with Crippen molar-refractivity contribution in [3.63, 3.8) is 0 Å². The van der Waals surface area contributed by atoms with Gasteiger partial charge in [0.2, 0.25) is 0 Å². The number of amides is 1. The molecule has 1 heterocycles. The summed E-state index contributed by atoms with van der Waals surface area (Å²) in [4.78, 5) is 14.5. The number of anilines is 1. The average molecular weight is 289 g/mol. The first-order chi connectivity index (χ1) is 8.05. The minimum atomic E-state index is -5.95. The van der Waals surface area contributed by atoms with Crippen LogP contribution in [0.15, 0.2) is 12.1 Å². The number of carbonyl (C=O) groups excluding carboxylic acids is 1. The van der Waals surface area contributed by atoms with Gasteiger partial charge in [-0.3, -0.25) is 4.79 Å². The number of nitrogens with zero attached hydrogens (tertiary/aromatic N) is 1. The molecule has 0 saturated carbocycles. The van der Waals surface area contributed by atoms with Gasteiger partial charge in [-0.2, -0.15) is 22.0 Å². The summed E-state index contributed by atoms with van der Waals surface area (Å²) in [6.07, 6.45) is -5.95. The Morgan fingerprint density at radius 2 is 1.83 bits per heavy atom. The highest BCUT2D eigenvalue weighted by Crippen LogP contribution is 2.36. The Balaban J connectivity index is 2.95. The molecule has 1 aromatic rings. The molecule has 0 aliphatic heterocycles. The number of hydrogen-bond donors (Lipinski definition) is 1. The first-order valence-corrected chi connectivity index (χ1v) is 4.82. The molecule has 0 spiro atoms. The number of aromatic nitrogens is 1. The second kappa shape index (κ2) is 4.68. The van der Waals surface area contributed by atoms with Crippen molar-refractivity contribution in [3.8, 4) is 0 Å². The van der Waals surface area contributed by atoms with Gasteiger partial charge in [0.1, 0.15) is 5.15 Å². The Morgan fingerprint density at radius 1 is 1.28 bits per heavy atom. The molecule has 0 atom stereocenters. The molecule has 1 amide bonds. The van der Waals surface area contributed by atoms with Gasteiger partial charge in [-0.25, -0.2) is 4.98 Å². The van der Waals surface area contributed by atoms with E-state index in [1.807, 2.05) is 0 Å². The van der Waals surface area contributed by atoms with Crippen molar-refractivity contribution in [1.29, 1.82) is 0 Å². The van der Waals surface area contributed by atoms with Crippen molar-refractivity contribution in [2.75, 3.05) is 5.32 Å². The normalized spacial score (nSPS) is 12.4. The maximum absolute atomic E-state index is 12.6. The maximum Gasteiger partial charge on any atom is 0.463 e. The number of pyridine rings is 1. The smallest absolute Gasteiger partial charge is 0.319 e. The van der Waals surface area contributed by atoms with Crippen LogP contribution in [0.1, 0.15) is 5.69 Å². The van der Waals surface area contributed by atoms with E-state index in [1.54, 1.807) is 0 Å². The summed E-state index contributed by atoms with van der Waals surface area (Å²) in [6.45, 7) is 1.30. The molecule has 100 valence electrons. The number of rotatable bonds is 2. The fraction of sp³-hybridized carbons (Fsp3) is 0.333. The zero-order valence-corrected chi connectivity index (χ0v) is 9.53. The lowest BCUT2D eigenvalue weighted by Crippen LogP contribution is -2.47. The van der Waals surface area contributed by atoms with E-state index in [2.05, 4.69) is 4.98 Å². The molecule has 0 radical (unpaired) electrons. The minimum absolute atomic E-state index is 0.0214. The van der Waals surface area contributed by atoms with E-state index in [0.717, 1.165) is 12.1 Å². The number of hydrogen-bond acceptors (Lipinski definition) is 2. The van der Waals surface area contributed by atoms with Crippen LogP contribution in [0.25, 0.3) is 0 Å². The van der Waals surface area contributed by atoms with Crippen molar-refractivity contribution in [2.45, 2.75) is 19.0 Å². The van der Waals surface area contributed by atoms with E-state index in [1.165, 1.54) is 12.2 Å². The zero-order valence-electron chi connectivity index (χ0n) is 8.78. The molecule has 0 fully saturated rings.